The van der Waals surface area contributed by atoms with Crippen LogP contribution in [0.2, 0.25) is 0 Å². The molecule has 4 rings (SSSR count). The second kappa shape index (κ2) is 9.99. The molecule has 2 heterocycles. The van der Waals surface area contributed by atoms with Crippen LogP contribution in [0.4, 0.5) is 5.69 Å². The second-order valence-corrected chi connectivity index (χ2v) is 9.19. The minimum Gasteiger partial charge on any atom is -0.341 e. The van der Waals surface area contributed by atoms with E-state index in [1.54, 1.807) is 0 Å². The molecule has 2 saturated heterocycles. The summed E-state index contributed by atoms with van der Waals surface area (Å²) >= 11 is 1.91. The Labute approximate surface area is 177 Å². The van der Waals surface area contributed by atoms with Crippen LogP contribution in [0, 0.1) is 5.92 Å². The number of halogens is 1. The predicted octanol–water partition coefficient (Wildman–Crippen LogP) is 3.09. The van der Waals surface area contributed by atoms with Gasteiger partial charge in [0.25, 0.3) is 0 Å². The molecule has 1 aromatic carbocycles. The van der Waals surface area contributed by atoms with Crippen molar-refractivity contribution in [3.63, 3.8) is 0 Å². The number of nitrogens with one attached hydrogen (secondary N) is 2. The highest BCUT2D eigenvalue weighted by atomic mass is 35.5. The predicted molar refractivity (Wildman–Crippen MR) is 117 cm³/mol. The monoisotopic (exact) mass is 423 g/mol. The number of anilines is 1. The van der Waals surface area contributed by atoms with Crippen molar-refractivity contribution in [2.75, 3.05) is 29.9 Å². The molecule has 1 aromatic rings. The molecule has 3 fully saturated rings. The van der Waals surface area contributed by atoms with Gasteiger partial charge in [0, 0.05) is 36.3 Å². The van der Waals surface area contributed by atoms with E-state index in [2.05, 4.69) is 10.6 Å². The van der Waals surface area contributed by atoms with E-state index >= 15 is 0 Å². The number of benzene rings is 1. The molecule has 0 aromatic heterocycles. The number of nitrogens with zero attached hydrogens (tertiary/aromatic N) is 1. The zero-order chi connectivity index (χ0) is 18.6. The molecule has 5 nitrogen and oxygen atoms in total. The van der Waals surface area contributed by atoms with Crippen LogP contribution >= 0.6 is 24.2 Å². The van der Waals surface area contributed by atoms with Crippen molar-refractivity contribution in [1.29, 1.82) is 0 Å². The van der Waals surface area contributed by atoms with Gasteiger partial charge in [-0.2, -0.15) is 11.8 Å². The standard InChI is InChI=1S/C21H29N3O2S.ClH/c25-20(24-9-11-27-12-10-24)13-15-5-7-17(8-6-15)22-21(26)19-14-16-3-1-2-4-18(16)23-19;/h5-8,16,18-19,23H,1-4,9-14H2,(H,22,26);1H. The molecule has 7 heteroatoms. The summed E-state index contributed by atoms with van der Waals surface area (Å²) in [5.41, 5.74) is 1.81. The Balaban J connectivity index is 0.00000225. The van der Waals surface area contributed by atoms with Crippen LogP contribution < -0.4 is 10.6 Å². The Morgan fingerprint density at radius 1 is 1.11 bits per heavy atom. The van der Waals surface area contributed by atoms with Crippen LogP contribution in [0.25, 0.3) is 0 Å². The zero-order valence-corrected chi connectivity index (χ0v) is 17.8. The summed E-state index contributed by atoms with van der Waals surface area (Å²) in [6.45, 7) is 1.71. The van der Waals surface area contributed by atoms with Gasteiger partial charge in [-0.15, -0.1) is 12.4 Å². The average molecular weight is 424 g/mol. The third-order valence-electron chi connectivity index (χ3n) is 6.12. The minimum absolute atomic E-state index is 0. The zero-order valence-electron chi connectivity index (χ0n) is 16.2. The van der Waals surface area contributed by atoms with Crippen molar-refractivity contribution < 1.29 is 9.59 Å². The van der Waals surface area contributed by atoms with Gasteiger partial charge < -0.3 is 15.5 Å². The minimum atomic E-state index is -0.0728. The van der Waals surface area contributed by atoms with E-state index in [0.717, 1.165) is 42.3 Å². The lowest BCUT2D eigenvalue weighted by Gasteiger charge is -2.26. The molecule has 28 heavy (non-hydrogen) atoms. The maximum absolute atomic E-state index is 12.6. The molecule has 2 N–H and O–H groups in total. The number of amides is 2. The van der Waals surface area contributed by atoms with Gasteiger partial charge in [-0.3, -0.25) is 9.59 Å². The molecule has 3 unspecified atom stereocenters. The maximum Gasteiger partial charge on any atom is 0.241 e. The number of thioether (sulfide) groups is 1. The van der Waals surface area contributed by atoms with E-state index in [0.29, 0.717) is 18.4 Å². The third-order valence-corrected chi connectivity index (χ3v) is 7.06. The van der Waals surface area contributed by atoms with Crippen LogP contribution in [-0.4, -0.2) is 53.4 Å². The fraction of sp³-hybridized carbons (Fsp3) is 0.619. The van der Waals surface area contributed by atoms with Crippen molar-refractivity contribution >= 4 is 41.7 Å². The lowest BCUT2D eigenvalue weighted by molar-refractivity contribution is -0.130. The first kappa shape index (κ1) is 21.5. The van der Waals surface area contributed by atoms with Gasteiger partial charge in [0.2, 0.25) is 11.8 Å². The fourth-order valence-electron chi connectivity index (χ4n) is 4.56. The summed E-state index contributed by atoms with van der Waals surface area (Å²) in [7, 11) is 0. The van der Waals surface area contributed by atoms with Gasteiger partial charge >= 0.3 is 0 Å². The van der Waals surface area contributed by atoms with Crippen LogP contribution in [0.5, 0.6) is 0 Å². The summed E-state index contributed by atoms with van der Waals surface area (Å²) in [5.74, 6) is 3.00. The van der Waals surface area contributed by atoms with Crippen LogP contribution in [0.1, 0.15) is 37.7 Å². The smallest absolute Gasteiger partial charge is 0.241 e. The van der Waals surface area contributed by atoms with Gasteiger partial charge in [0.15, 0.2) is 0 Å². The Kier molecular flexibility index (Phi) is 7.66. The Morgan fingerprint density at radius 3 is 2.54 bits per heavy atom. The van der Waals surface area contributed by atoms with Gasteiger partial charge in [-0.25, -0.2) is 0 Å². The number of carbonyl (C=O) groups is 2. The number of hydrogen-bond acceptors (Lipinski definition) is 4. The summed E-state index contributed by atoms with van der Waals surface area (Å²) in [6.07, 6.45) is 6.42. The van der Waals surface area contributed by atoms with Crippen molar-refractivity contribution in [2.45, 2.75) is 50.6 Å². The van der Waals surface area contributed by atoms with E-state index < -0.39 is 0 Å². The SMILES string of the molecule is Cl.O=C(Nc1ccc(CC(=O)N2CCSCC2)cc1)C1CC2CCCCC2N1. The van der Waals surface area contributed by atoms with Crippen LogP contribution in [-0.2, 0) is 16.0 Å². The molecule has 3 atom stereocenters. The van der Waals surface area contributed by atoms with Crippen LogP contribution in [0.15, 0.2) is 24.3 Å². The average Bonchev–Trinajstić information content (AvgIpc) is 3.14. The van der Waals surface area contributed by atoms with E-state index in [1.165, 1.54) is 25.7 Å². The van der Waals surface area contributed by atoms with Gasteiger partial charge in [0.1, 0.15) is 0 Å². The number of carbonyl (C=O) groups excluding carboxylic acids is 2. The highest BCUT2D eigenvalue weighted by Gasteiger charge is 2.38. The Bertz CT molecular complexity index is 665. The van der Waals surface area contributed by atoms with Gasteiger partial charge in [-0.1, -0.05) is 25.0 Å². The second-order valence-electron chi connectivity index (χ2n) is 7.96. The van der Waals surface area contributed by atoms with Crippen molar-refractivity contribution in [3.05, 3.63) is 29.8 Å². The molecule has 0 spiro atoms. The molecular weight excluding hydrogens is 394 g/mol. The van der Waals surface area contributed by atoms with E-state index in [-0.39, 0.29) is 30.3 Å². The molecule has 1 saturated carbocycles. The molecule has 3 aliphatic rings. The van der Waals surface area contributed by atoms with E-state index in [1.807, 2.05) is 40.9 Å². The van der Waals surface area contributed by atoms with Crippen molar-refractivity contribution in [1.82, 2.24) is 10.2 Å². The topological polar surface area (TPSA) is 61.4 Å². The first-order chi connectivity index (χ1) is 13.2. The summed E-state index contributed by atoms with van der Waals surface area (Å²) < 4.78 is 0. The first-order valence-electron chi connectivity index (χ1n) is 10.2. The van der Waals surface area contributed by atoms with Gasteiger partial charge in [0.05, 0.1) is 12.5 Å². The van der Waals surface area contributed by atoms with Gasteiger partial charge in [-0.05, 0) is 42.9 Å². The highest BCUT2D eigenvalue weighted by molar-refractivity contribution is 7.99. The largest absolute Gasteiger partial charge is 0.341 e. The first-order valence-corrected chi connectivity index (χ1v) is 11.4. The lowest BCUT2D eigenvalue weighted by Crippen LogP contribution is -2.39. The Hall–Kier alpha value is -1.24. The molecule has 2 amide bonds. The van der Waals surface area contributed by atoms with E-state index in [4.69, 9.17) is 0 Å². The molecular formula is C21H30ClN3O2S. The number of fused-ring (bicyclic) bond motifs is 1. The number of rotatable bonds is 4. The van der Waals surface area contributed by atoms with E-state index in [9.17, 15) is 9.59 Å². The molecule has 0 radical (unpaired) electrons. The third kappa shape index (κ3) is 5.22. The summed E-state index contributed by atoms with van der Waals surface area (Å²) in [6, 6.07) is 8.18. The highest BCUT2D eigenvalue weighted by Crippen LogP contribution is 2.33. The summed E-state index contributed by atoms with van der Waals surface area (Å²) in [4.78, 5) is 26.9. The number of hydrogen-bond donors (Lipinski definition) is 2. The quantitative estimate of drug-likeness (QED) is 0.781. The fourth-order valence-corrected chi connectivity index (χ4v) is 5.46. The molecule has 0 bridgehead atoms. The maximum atomic E-state index is 12.6. The molecule has 154 valence electrons. The van der Waals surface area contributed by atoms with Crippen molar-refractivity contribution in [2.24, 2.45) is 5.92 Å². The van der Waals surface area contributed by atoms with Crippen molar-refractivity contribution in [3.8, 4) is 0 Å². The molecule has 2 aliphatic heterocycles. The summed E-state index contributed by atoms with van der Waals surface area (Å²) in [5, 5.41) is 6.56. The molecule has 1 aliphatic carbocycles. The Morgan fingerprint density at radius 2 is 1.82 bits per heavy atom. The lowest BCUT2D eigenvalue weighted by atomic mass is 9.85. The normalized spacial score (nSPS) is 26.9. The van der Waals surface area contributed by atoms with Crippen LogP contribution in [0.3, 0.4) is 0 Å².